The summed E-state index contributed by atoms with van der Waals surface area (Å²) < 4.78 is 25.7. The molecule has 0 spiro atoms. The molecule has 0 bridgehead atoms. The summed E-state index contributed by atoms with van der Waals surface area (Å²) in [6, 6.07) is 3.13. The number of aliphatic hydroxyl groups excluding tert-OH is 2. The van der Waals surface area contributed by atoms with E-state index in [0.29, 0.717) is 5.56 Å². The van der Waals surface area contributed by atoms with Gasteiger partial charge in [0.05, 0.1) is 12.2 Å². The van der Waals surface area contributed by atoms with Crippen molar-refractivity contribution in [2.75, 3.05) is 0 Å². The predicted octanol–water partition coefficient (Wildman–Crippen LogP) is 1.64. The van der Waals surface area contributed by atoms with Crippen molar-refractivity contribution in [2.24, 2.45) is 5.92 Å². The number of rotatable bonds is 4. The molecule has 1 aromatic carbocycles. The molecule has 4 heteroatoms. The van der Waals surface area contributed by atoms with Gasteiger partial charge in [0, 0.05) is 12.5 Å². The zero-order valence-electron chi connectivity index (χ0n) is 8.74. The molecule has 0 aliphatic heterocycles. The van der Waals surface area contributed by atoms with Gasteiger partial charge in [0.15, 0.2) is 0 Å². The molecular formula is C12H14F2O2. The second-order valence-corrected chi connectivity index (χ2v) is 4.38. The number of hydrogen-bond donors (Lipinski definition) is 2. The SMILES string of the molecule is OC(Cc1cc(F)cc(F)c1)C(O)C1CC1. The molecule has 0 aromatic heterocycles. The molecule has 1 aliphatic rings. The lowest BCUT2D eigenvalue weighted by molar-refractivity contribution is 0.00667. The Morgan fingerprint density at radius 3 is 2.19 bits per heavy atom. The fraction of sp³-hybridized carbons (Fsp3) is 0.500. The zero-order chi connectivity index (χ0) is 11.7. The van der Waals surface area contributed by atoms with Crippen molar-refractivity contribution in [3.8, 4) is 0 Å². The smallest absolute Gasteiger partial charge is 0.126 e. The van der Waals surface area contributed by atoms with Crippen LogP contribution < -0.4 is 0 Å². The predicted molar refractivity (Wildman–Crippen MR) is 54.8 cm³/mol. The lowest BCUT2D eigenvalue weighted by Crippen LogP contribution is -2.29. The lowest BCUT2D eigenvalue weighted by Gasteiger charge is -2.17. The third kappa shape index (κ3) is 2.77. The van der Waals surface area contributed by atoms with E-state index in [1.165, 1.54) is 12.1 Å². The Morgan fingerprint density at radius 1 is 1.12 bits per heavy atom. The van der Waals surface area contributed by atoms with E-state index in [1.807, 2.05) is 0 Å². The van der Waals surface area contributed by atoms with E-state index in [4.69, 9.17) is 0 Å². The average Bonchev–Trinajstić information content (AvgIpc) is 2.97. The van der Waals surface area contributed by atoms with Crippen molar-refractivity contribution < 1.29 is 19.0 Å². The van der Waals surface area contributed by atoms with E-state index in [0.717, 1.165) is 18.9 Å². The first-order chi connectivity index (χ1) is 7.56. The summed E-state index contributed by atoms with van der Waals surface area (Å²) in [5, 5.41) is 19.3. The van der Waals surface area contributed by atoms with Crippen LogP contribution in [0.3, 0.4) is 0 Å². The van der Waals surface area contributed by atoms with Gasteiger partial charge in [-0.25, -0.2) is 8.78 Å². The summed E-state index contributed by atoms with van der Waals surface area (Å²) in [5.41, 5.74) is 0.365. The molecule has 0 radical (unpaired) electrons. The number of benzene rings is 1. The first-order valence-electron chi connectivity index (χ1n) is 5.37. The molecule has 2 atom stereocenters. The topological polar surface area (TPSA) is 40.5 Å². The van der Waals surface area contributed by atoms with E-state index < -0.39 is 23.8 Å². The van der Waals surface area contributed by atoms with Crippen LogP contribution in [-0.2, 0) is 6.42 Å². The van der Waals surface area contributed by atoms with Crippen LogP contribution >= 0.6 is 0 Å². The normalized spacial score (nSPS) is 19.5. The van der Waals surface area contributed by atoms with Crippen molar-refractivity contribution in [3.05, 3.63) is 35.4 Å². The summed E-state index contributed by atoms with van der Waals surface area (Å²) >= 11 is 0. The second-order valence-electron chi connectivity index (χ2n) is 4.38. The molecule has 2 unspecified atom stereocenters. The third-order valence-electron chi connectivity index (χ3n) is 2.87. The maximum atomic E-state index is 12.9. The maximum Gasteiger partial charge on any atom is 0.126 e. The Hall–Kier alpha value is -1.00. The zero-order valence-corrected chi connectivity index (χ0v) is 8.74. The largest absolute Gasteiger partial charge is 0.390 e. The van der Waals surface area contributed by atoms with Crippen molar-refractivity contribution in [1.82, 2.24) is 0 Å². The molecule has 0 saturated heterocycles. The maximum absolute atomic E-state index is 12.9. The molecule has 0 amide bonds. The van der Waals surface area contributed by atoms with Gasteiger partial charge in [-0.3, -0.25) is 0 Å². The Kier molecular flexibility index (Phi) is 3.21. The quantitative estimate of drug-likeness (QED) is 0.822. The fourth-order valence-electron chi connectivity index (χ4n) is 1.84. The van der Waals surface area contributed by atoms with Crippen LogP contribution in [-0.4, -0.2) is 22.4 Å². The van der Waals surface area contributed by atoms with Gasteiger partial charge < -0.3 is 10.2 Å². The summed E-state index contributed by atoms with van der Waals surface area (Å²) in [5.74, 6) is -1.18. The molecule has 2 nitrogen and oxygen atoms in total. The van der Waals surface area contributed by atoms with Crippen LogP contribution in [0.2, 0.25) is 0 Å². The number of aliphatic hydroxyl groups is 2. The van der Waals surface area contributed by atoms with E-state index in [1.54, 1.807) is 0 Å². The highest BCUT2D eigenvalue weighted by Crippen LogP contribution is 2.34. The van der Waals surface area contributed by atoms with Gasteiger partial charge in [0.2, 0.25) is 0 Å². The van der Waals surface area contributed by atoms with Gasteiger partial charge in [-0.05, 0) is 36.5 Å². The molecule has 1 fully saturated rings. The van der Waals surface area contributed by atoms with Crippen LogP contribution in [0.15, 0.2) is 18.2 Å². The first-order valence-corrected chi connectivity index (χ1v) is 5.37. The van der Waals surface area contributed by atoms with Gasteiger partial charge in [0.1, 0.15) is 11.6 Å². The lowest BCUT2D eigenvalue weighted by atomic mass is 10.0. The molecular weight excluding hydrogens is 214 g/mol. The van der Waals surface area contributed by atoms with Gasteiger partial charge in [0.25, 0.3) is 0 Å². The minimum absolute atomic E-state index is 0.0757. The van der Waals surface area contributed by atoms with Crippen LogP contribution in [0, 0.1) is 17.6 Å². The first kappa shape index (κ1) is 11.5. The van der Waals surface area contributed by atoms with Crippen LogP contribution in [0.1, 0.15) is 18.4 Å². The van der Waals surface area contributed by atoms with Crippen molar-refractivity contribution in [1.29, 1.82) is 0 Å². The summed E-state index contributed by atoms with van der Waals surface area (Å²) in [4.78, 5) is 0. The molecule has 1 saturated carbocycles. The monoisotopic (exact) mass is 228 g/mol. The Morgan fingerprint density at radius 2 is 1.69 bits per heavy atom. The molecule has 16 heavy (non-hydrogen) atoms. The van der Waals surface area contributed by atoms with Crippen molar-refractivity contribution in [2.45, 2.75) is 31.5 Å². The molecule has 1 aliphatic carbocycles. The van der Waals surface area contributed by atoms with Crippen molar-refractivity contribution in [3.63, 3.8) is 0 Å². The second kappa shape index (κ2) is 4.47. The van der Waals surface area contributed by atoms with Gasteiger partial charge in [-0.15, -0.1) is 0 Å². The molecule has 2 rings (SSSR count). The van der Waals surface area contributed by atoms with Crippen molar-refractivity contribution >= 4 is 0 Å². The van der Waals surface area contributed by atoms with Crippen LogP contribution in [0.4, 0.5) is 8.78 Å². The van der Waals surface area contributed by atoms with Gasteiger partial charge >= 0.3 is 0 Å². The Labute approximate surface area is 92.5 Å². The minimum atomic E-state index is -0.950. The summed E-state index contributed by atoms with van der Waals surface area (Å²) in [6.45, 7) is 0. The third-order valence-corrected chi connectivity index (χ3v) is 2.87. The summed E-state index contributed by atoms with van der Waals surface area (Å²) in [6.07, 6.45) is 0.165. The fourth-order valence-corrected chi connectivity index (χ4v) is 1.84. The van der Waals surface area contributed by atoms with E-state index >= 15 is 0 Å². The Bertz CT molecular complexity index is 357. The average molecular weight is 228 g/mol. The van der Waals surface area contributed by atoms with Crippen LogP contribution in [0.5, 0.6) is 0 Å². The number of hydrogen-bond acceptors (Lipinski definition) is 2. The minimum Gasteiger partial charge on any atom is -0.390 e. The van der Waals surface area contributed by atoms with Crippen LogP contribution in [0.25, 0.3) is 0 Å². The van der Waals surface area contributed by atoms with E-state index in [-0.39, 0.29) is 12.3 Å². The standard InChI is InChI=1S/C12H14F2O2/c13-9-3-7(4-10(14)6-9)5-11(15)12(16)8-1-2-8/h3-4,6,8,11-12,15-16H,1-2,5H2. The highest BCUT2D eigenvalue weighted by molar-refractivity contribution is 5.19. The molecule has 0 heterocycles. The highest BCUT2D eigenvalue weighted by Gasteiger charge is 2.34. The highest BCUT2D eigenvalue weighted by atomic mass is 19.1. The Balaban J connectivity index is 2.01. The number of halogens is 2. The van der Waals surface area contributed by atoms with Gasteiger partial charge in [-0.1, -0.05) is 0 Å². The molecule has 88 valence electrons. The van der Waals surface area contributed by atoms with E-state index in [2.05, 4.69) is 0 Å². The molecule has 2 N–H and O–H groups in total. The van der Waals surface area contributed by atoms with Gasteiger partial charge in [-0.2, -0.15) is 0 Å². The molecule has 1 aromatic rings. The van der Waals surface area contributed by atoms with E-state index in [9.17, 15) is 19.0 Å². The summed E-state index contributed by atoms with van der Waals surface area (Å²) in [7, 11) is 0.